The van der Waals surface area contributed by atoms with Gasteiger partial charge in [-0.05, 0) is 29.9 Å². The number of nitrogens with zero attached hydrogens (tertiary/aromatic N) is 1. The summed E-state index contributed by atoms with van der Waals surface area (Å²) in [6, 6.07) is 12.4. The Morgan fingerprint density at radius 2 is 2.00 bits per heavy atom. The van der Waals surface area contributed by atoms with Crippen LogP contribution in [0.4, 0.5) is 0 Å². The number of carbonyl (C=O) groups is 1. The first kappa shape index (κ1) is 14.9. The van der Waals surface area contributed by atoms with Crippen LogP contribution in [0.5, 0.6) is 0 Å². The highest BCUT2D eigenvalue weighted by Gasteiger charge is 2.11. The minimum atomic E-state index is -0.463. The number of aryl methyl sites for hydroxylation is 2. The van der Waals surface area contributed by atoms with E-state index in [1.54, 1.807) is 17.5 Å². The summed E-state index contributed by atoms with van der Waals surface area (Å²) in [7, 11) is 0. The predicted octanol–water partition coefficient (Wildman–Crippen LogP) is 4.16. The SMILES string of the molecule is NC(=O)c1cn(CCCc2ccccc2)c2sccc2c1=S. The molecule has 0 spiro atoms. The molecule has 22 heavy (non-hydrogen) atoms. The summed E-state index contributed by atoms with van der Waals surface area (Å²) in [4.78, 5) is 12.7. The fourth-order valence-electron chi connectivity index (χ4n) is 2.55. The van der Waals surface area contributed by atoms with Crippen molar-refractivity contribution in [2.45, 2.75) is 19.4 Å². The molecule has 0 bridgehead atoms. The Balaban J connectivity index is 1.87. The van der Waals surface area contributed by atoms with Crippen LogP contribution in [0, 0.1) is 4.51 Å². The van der Waals surface area contributed by atoms with Gasteiger partial charge in [0.25, 0.3) is 5.91 Å². The summed E-state index contributed by atoms with van der Waals surface area (Å²) in [6.07, 6.45) is 3.80. The van der Waals surface area contributed by atoms with Gasteiger partial charge in [-0.3, -0.25) is 4.79 Å². The number of carbonyl (C=O) groups excluding carboxylic acids is 1. The topological polar surface area (TPSA) is 48.0 Å². The van der Waals surface area contributed by atoms with Crippen LogP contribution >= 0.6 is 23.6 Å². The molecule has 0 unspecified atom stereocenters. The Bertz CT molecular complexity index is 865. The lowest BCUT2D eigenvalue weighted by atomic mass is 10.1. The van der Waals surface area contributed by atoms with Crippen molar-refractivity contribution >= 4 is 39.7 Å². The number of pyridine rings is 1. The fraction of sp³-hybridized carbons (Fsp3) is 0.176. The Hall–Kier alpha value is -1.98. The molecule has 0 atom stereocenters. The molecular formula is C17H16N2OS2. The van der Waals surface area contributed by atoms with E-state index in [0.29, 0.717) is 10.1 Å². The molecule has 2 aromatic heterocycles. The van der Waals surface area contributed by atoms with Gasteiger partial charge in [-0.15, -0.1) is 11.3 Å². The van der Waals surface area contributed by atoms with Crippen LogP contribution in [0.25, 0.3) is 10.2 Å². The molecule has 0 fully saturated rings. The van der Waals surface area contributed by atoms with Gasteiger partial charge in [0, 0.05) is 18.1 Å². The number of benzene rings is 1. The molecule has 0 aliphatic heterocycles. The van der Waals surface area contributed by atoms with Gasteiger partial charge in [-0.25, -0.2) is 0 Å². The maximum Gasteiger partial charge on any atom is 0.251 e. The largest absolute Gasteiger partial charge is 0.366 e. The monoisotopic (exact) mass is 328 g/mol. The second kappa shape index (κ2) is 6.42. The van der Waals surface area contributed by atoms with E-state index in [2.05, 4.69) is 28.8 Å². The summed E-state index contributed by atoms with van der Waals surface area (Å²) in [5, 5.41) is 2.94. The summed E-state index contributed by atoms with van der Waals surface area (Å²) in [5.74, 6) is -0.463. The zero-order valence-corrected chi connectivity index (χ0v) is 13.6. The van der Waals surface area contributed by atoms with Crippen LogP contribution < -0.4 is 5.73 Å². The molecule has 3 nitrogen and oxygen atoms in total. The van der Waals surface area contributed by atoms with Crippen molar-refractivity contribution in [1.82, 2.24) is 4.57 Å². The molecule has 3 rings (SSSR count). The summed E-state index contributed by atoms with van der Waals surface area (Å²) < 4.78 is 2.65. The predicted molar refractivity (Wildman–Crippen MR) is 93.9 cm³/mol. The zero-order valence-electron chi connectivity index (χ0n) is 12.0. The number of primary amides is 1. The maximum absolute atomic E-state index is 11.6. The second-order valence-corrected chi connectivity index (χ2v) is 6.46. The van der Waals surface area contributed by atoms with E-state index in [9.17, 15) is 4.79 Å². The van der Waals surface area contributed by atoms with Gasteiger partial charge in [-0.2, -0.15) is 0 Å². The van der Waals surface area contributed by atoms with Crippen molar-refractivity contribution in [2.75, 3.05) is 0 Å². The van der Waals surface area contributed by atoms with Crippen LogP contribution in [0.3, 0.4) is 0 Å². The first-order valence-corrected chi connectivity index (χ1v) is 8.40. The Labute approximate surface area is 138 Å². The Morgan fingerprint density at radius 3 is 2.73 bits per heavy atom. The van der Waals surface area contributed by atoms with Gasteiger partial charge in [0.2, 0.25) is 0 Å². The van der Waals surface area contributed by atoms with E-state index in [4.69, 9.17) is 18.0 Å². The Morgan fingerprint density at radius 1 is 1.23 bits per heavy atom. The van der Waals surface area contributed by atoms with Crippen molar-refractivity contribution in [2.24, 2.45) is 5.73 Å². The molecule has 112 valence electrons. The standard InChI is InChI=1S/C17H16N2OS2/c18-16(20)14-11-19(17-13(15(14)21)8-10-22-17)9-4-7-12-5-2-1-3-6-12/h1-3,5-6,8,10-11H,4,7,9H2,(H2,18,20). The van der Waals surface area contributed by atoms with Crippen molar-refractivity contribution < 1.29 is 4.79 Å². The van der Waals surface area contributed by atoms with E-state index < -0.39 is 5.91 Å². The zero-order chi connectivity index (χ0) is 15.5. The molecule has 3 aromatic rings. The average Bonchev–Trinajstić information content (AvgIpc) is 3.00. The molecule has 5 heteroatoms. The minimum absolute atomic E-state index is 0.431. The fourth-order valence-corrected chi connectivity index (χ4v) is 3.85. The van der Waals surface area contributed by atoms with E-state index in [0.717, 1.165) is 29.6 Å². The average molecular weight is 328 g/mol. The molecule has 2 heterocycles. The first-order valence-electron chi connectivity index (χ1n) is 7.11. The lowest BCUT2D eigenvalue weighted by Gasteiger charge is -2.11. The molecule has 0 aliphatic rings. The van der Waals surface area contributed by atoms with Crippen molar-refractivity contribution in [3.05, 3.63) is 63.6 Å². The third-order valence-corrected chi connectivity index (χ3v) is 5.04. The molecule has 1 amide bonds. The quantitative estimate of drug-likeness (QED) is 0.715. The second-order valence-electron chi connectivity index (χ2n) is 5.16. The minimum Gasteiger partial charge on any atom is -0.366 e. The number of rotatable bonds is 5. The number of hydrogen-bond donors (Lipinski definition) is 1. The number of aromatic nitrogens is 1. The highest BCUT2D eigenvalue weighted by Crippen LogP contribution is 2.24. The lowest BCUT2D eigenvalue weighted by molar-refractivity contribution is 0.0999. The van der Waals surface area contributed by atoms with Crippen LogP contribution in [0.1, 0.15) is 22.3 Å². The van der Waals surface area contributed by atoms with Gasteiger partial charge in [0.1, 0.15) is 4.83 Å². The number of amides is 1. The van der Waals surface area contributed by atoms with E-state index >= 15 is 0 Å². The number of hydrogen-bond acceptors (Lipinski definition) is 3. The Kier molecular flexibility index (Phi) is 4.36. The highest BCUT2D eigenvalue weighted by molar-refractivity contribution is 7.71. The number of thiophene rings is 1. The summed E-state index contributed by atoms with van der Waals surface area (Å²) in [5.41, 5.74) is 7.20. The van der Waals surface area contributed by atoms with Gasteiger partial charge in [0.15, 0.2) is 0 Å². The van der Waals surface area contributed by atoms with Crippen LogP contribution in [0.2, 0.25) is 0 Å². The molecule has 0 saturated heterocycles. The lowest BCUT2D eigenvalue weighted by Crippen LogP contribution is -2.14. The van der Waals surface area contributed by atoms with E-state index in [1.165, 1.54) is 5.56 Å². The van der Waals surface area contributed by atoms with Crippen molar-refractivity contribution in [3.63, 3.8) is 0 Å². The molecule has 0 aliphatic carbocycles. The molecule has 0 saturated carbocycles. The van der Waals surface area contributed by atoms with Crippen molar-refractivity contribution in [1.29, 1.82) is 0 Å². The maximum atomic E-state index is 11.6. The third kappa shape index (κ3) is 2.96. The number of fused-ring (bicyclic) bond motifs is 1. The van der Waals surface area contributed by atoms with Gasteiger partial charge in [-0.1, -0.05) is 42.5 Å². The summed E-state index contributed by atoms with van der Waals surface area (Å²) >= 11 is 7.00. The third-order valence-electron chi connectivity index (χ3n) is 3.65. The normalized spacial score (nSPS) is 10.9. The van der Waals surface area contributed by atoms with Gasteiger partial charge in [0.05, 0.1) is 10.1 Å². The highest BCUT2D eigenvalue weighted by atomic mass is 32.1. The van der Waals surface area contributed by atoms with Crippen LogP contribution in [0.15, 0.2) is 48.0 Å². The number of nitrogens with two attached hydrogens (primary N) is 1. The first-order chi connectivity index (χ1) is 10.7. The molecular weight excluding hydrogens is 312 g/mol. The van der Waals surface area contributed by atoms with Crippen LogP contribution in [-0.2, 0) is 13.0 Å². The van der Waals surface area contributed by atoms with Crippen LogP contribution in [-0.4, -0.2) is 10.5 Å². The van der Waals surface area contributed by atoms with E-state index in [-0.39, 0.29) is 0 Å². The van der Waals surface area contributed by atoms with Crippen molar-refractivity contribution in [3.8, 4) is 0 Å². The van der Waals surface area contributed by atoms with Gasteiger partial charge >= 0.3 is 0 Å². The molecule has 0 radical (unpaired) electrons. The summed E-state index contributed by atoms with van der Waals surface area (Å²) in [6.45, 7) is 0.835. The smallest absolute Gasteiger partial charge is 0.251 e. The molecule has 1 aromatic carbocycles. The van der Waals surface area contributed by atoms with Gasteiger partial charge < -0.3 is 10.3 Å². The molecule has 2 N–H and O–H groups in total. The van der Waals surface area contributed by atoms with E-state index in [1.807, 2.05) is 17.5 Å².